The predicted molar refractivity (Wildman–Crippen MR) is 160 cm³/mol. The summed E-state index contributed by atoms with van der Waals surface area (Å²) in [6.07, 6.45) is 1.72. The van der Waals surface area contributed by atoms with Crippen LogP contribution in [-0.4, -0.2) is 36.6 Å². The minimum Gasteiger partial charge on any atom is -0.504 e. The third kappa shape index (κ3) is 4.10. The van der Waals surface area contributed by atoms with Gasteiger partial charge in [-0.2, -0.15) is 9.78 Å². The highest BCUT2D eigenvalue weighted by Gasteiger charge is 2.41. The van der Waals surface area contributed by atoms with E-state index in [2.05, 4.69) is 47.2 Å². The maximum Gasteiger partial charge on any atom is 0.179 e. The molecule has 0 aliphatic carbocycles. The van der Waals surface area contributed by atoms with E-state index in [0.29, 0.717) is 23.3 Å². The van der Waals surface area contributed by atoms with Gasteiger partial charge >= 0.3 is 0 Å². The first-order chi connectivity index (χ1) is 19.9. The lowest BCUT2D eigenvalue weighted by Gasteiger charge is -2.40. The lowest BCUT2D eigenvalue weighted by Crippen LogP contribution is -2.46. The number of aromatic hydroxyl groups is 2. The van der Waals surface area contributed by atoms with Gasteiger partial charge in [-0.3, -0.25) is 0 Å². The standard InChI is InChI=1S/C32H27N7O2/c1-18-14-19(2)16-22(15-18)34-30-32-36-31-28(20(3)37-39(31)27-10-6-7-13-33-27)29(21-11-12-25(40)26(41)17-21)38(32)24-9-5-4-8-23(24)35-30/h4-17,29,40-41H,1-3H3,(H,34,35). The molecular weight excluding hydrogens is 514 g/mol. The molecule has 7 rings (SSSR count). The summed E-state index contributed by atoms with van der Waals surface area (Å²) >= 11 is 0. The molecule has 9 heteroatoms. The highest BCUT2D eigenvalue weighted by molar-refractivity contribution is 6.51. The number of para-hydroxylation sites is 2. The monoisotopic (exact) mass is 541 g/mol. The maximum atomic E-state index is 10.6. The second-order valence-electron chi connectivity index (χ2n) is 10.3. The molecular formula is C32H27N7O2. The molecule has 0 fully saturated rings. The Bertz CT molecular complexity index is 1870. The highest BCUT2D eigenvalue weighted by Crippen LogP contribution is 2.49. The molecule has 5 aromatic rings. The van der Waals surface area contributed by atoms with Crippen molar-refractivity contribution in [3.05, 3.63) is 113 Å². The van der Waals surface area contributed by atoms with Gasteiger partial charge in [-0.25, -0.2) is 15.0 Å². The Morgan fingerprint density at radius 1 is 0.805 bits per heavy atom. The number of phenolic OH excluding ortho intramolecular Hbond substituents is 2. The van der Waals surface area contributed by atoms with Crippen LogP contribution in [0.5, 0.6) is 11.5 Å². The first-order valence-corrected chi connectivity index (χ1v) is 13.3. The molecule has 9 nitrogen and oxygen atoms in total. The number of benzene rings is 3. The van der Waals surface area contributed by atoms with Gasteiger partial charge in [0, 0.05) is 17.4 Å². The second-order valence-corrected chi connectivity index (χ2v) is 10.3. The van der Waals surface area contributed by atoms with Crippen molar-refractivity contribution in [1.82, 2.24) is 14.8 Å². The molecule has 0 bridgehead atoms. The van der Waals surface area contributed by atoms with Crippen LogP contribution in [0.25, 0.3) is 5.82 Å². The fourth-order valence-corrected chi connectivity index (χ4v) is 5.65. The summed E-state index contributed by atoms with van der Waals surface area (Å²) in [5.74, 6) is 2.06. The average Bonchev–Trinajstić information content (AvgIpc) is 3.29. The van der Waals surface area contributed by atoms with E-state index in [1.165, 1.54) is 6.07 Å². The quantitative estimate of drug-likeness (QED) is 0.228. The molecule has 0 saturated carbocycles. The third-order valence-corrected chi connectivity index (χ3v) is 7.30. The maximum absolute atomic E-state index is 10.6. The highest BCUT2D eigenvalue weighted by atomic mass is 16.3. The first kappa shape index (κ1) is 24.6. The molecule has 2 aromatic heterocycles. The van der Waals surface area contributed by atoms with Crippen molar-refractivity contribution in [3.8, 4) is 17.3 Å². The molecule has 202 valence electrons. The molecule has 0 saturated heterocycles. The van der Waals surface area contributed by atoms with E-state index in [1.807, 2.05) is 55.5 Å². The van der Waals surface area contributed by atoms with Crippen LogP contribution in [-0.2, 0) is 0 Å². The van der Waals surface area contributed by atoms with Gasteiger partial charge in [0.2, 0.25) is 0 Å². The van der Waals surface area contributed by atoms with Crippen LogP contribution in [0.4, 0.5) is 22.9 Å². The number of aromatic nitrogens is 3. The number of fused-ring (bicyclic) bond motifs is 4. The molecule has 0 spiro atoms. The SMILES string of the molecule is Cc1cc(C)cc(NC2=Nc3ccccc3N3C2=Nc2c(c(C)nn2-c2ccccn2)C3c2ccc(O)c(O)c2)c1. The minimum absolute atomic E-state index is 0.183. The van der Waals surface area contributed by atoms with Gasteiger partial charge in [0.05, 0.1) is 23.1 Å². The minimum atomic E-state index is -0.436. The number of amidine groups is 2. The number of pyridine rings is 1. The summed E-state index contributed by atoms with van der Waals surface area (Å²) in [7, 11) is 0. The van der Waals surface area contributed by atoms with E-state index in [-0.39, 0.29) is 11.5 Å². The van der Waals surface area contributed by atoms with Gasteiger partial charge in [-0.05, 0) is 86.0 Å². The zero-order chi connectivity index (χ0) is 28.2. The van der Waals surface area contributed by atoms with Crippen LogP contribution in [0, 0.1) is 20.8 Å². The molecule has 1 atom stereocenters. The van der Waals surface area contributed by atoms with Crippen molar-refractivity contribution in [3.63, 3.8) is 0 Å². The molecule has 0 amide bonds. The van der Waals surface area contributed by atoms with E-state index in [1.54, 1.807) is 16.9 Å². The Balaban J connectivity index is 1.50. The van der Waals surface area contributed by atoms with Crippen molar-refractivity contribution >= 4 is 34.6 Å². The van der Waals surface area contributed by atoms with Crippen LogP contribution in [0.3, 0.4) is 0 Å². The Hall–Kier alpha value is -5.44. The van der Waals surface area contributed by atoms with Crippen molar-refractivity contribution in [1.29, 1.82) is 0 Å². The Kier molecular flexibility index (Phi) is 5.60. The van der Waals surface area contributed by atoms with Gasteiger partial charge in [0.1, 0.15) is 0 Å². The normalized spacial score (nSPS) is 15.4. The zero-order valence-corrected chi connectivity index (χ0v) is 22.7. The molecule has 41 heavy (non-hydrogen) atoms. The smallest absolute Gasteiger partial charge is 0.179 e. The number of hydrogen-bond acceptors (Lipinski definition) is 8. The number of phenols is 2. The van der Waals surface area contributed by atoms with Crippen LogP contribution in [0.15, 0.2) is 95.0 Å². The fourth-order valence-electron chi connectivity index (χ4n) is 5.65. The van der Waals surface area contributed by atoms with Gasteiger partial charge in [0.25, 0.3) is 0 Å². The zero-order valence-electron chi connectivity index (χ0n) is 22.7. The molecule has 3 aromatic carbocycles. The van der Waals surface area contributed by atoms with Gasteiger partial charge in [-0.15, -0.1) is 0 Å². The van der Waals surface area contributed by atoms with Crippen LogP contribution in [0.1, 0.15) is 34.0 Å². The van der Waals surface area contributed by atoms with E-state index >= 15 is 0 Å². The number of hydrogen-bond donors (Lipinski definition) is 3. The lowest BCUT2D eigenvalue weighted by molar-refractivity contribution is 0.403. The number of rotatable bonds is 3. The summed E-state index contributed by atoms with van der Waals surface area (Å²) in [5.41, 5.74) is 7.23. The van der Waals surface area contributed by atoms with Crippen LogP contribution >= 0.6 is 0 Å². The Morgan fingerprint density at radius 2 is 1.59 bits per heavy atom. The van der Waals surface area contributed by atoms with Crippen LogP contribution < -0.4 is 10.2 Å². The number of anilines is 2. The third-order valence-electron chi connectivity index (χ3n) is 7.30. The lowest BCUT2D eigenvalue weighted by atomic mass is 9.93. The van der Waals surface area contributed by atoms with E-state index in [4.69, 9.17) is 15.1 Å². The first-order valence-electron chi connectivity index (χ1n) is 13.3. The molecule has 2 aliphatic rings. The summed E-state index contributed by atoms with van der Waals surface area (Å²) in [4.78, 5) is 16.9. The average molecular weight is 542 g/mol. The molecule has 3 N–H and O–H groups in total. The summed E-state index contributed by atoms with van der Waals surface area (Å²) in [6.45, 7) is 6.08. The van der Waals surface area contributed by atoms with Crippen molar-refractivity contribution < 1.29 is 10.2 Å². The molecule has 2 aliphatic heterocycles. The number of aliphatic imine (C=N–C) groups is 2. The number of nitrogens with one attached hydrogen (secondary N) is 1. The van der Waals surface area contributed by atoms with Crippen molar-refractivity contribution in [2.75, 3.05) is 10.2 Å². The predicted octanol–water partition coefficient (Wildman–Crippen LogP) is 6.40. The van der Waals surface area contributed by atoms with Gasteiger partial charge in [0.15, 0.2) is 34.8 Å². The van der Waals surface area contributed by atoms with Crippen molar-refractivity contribution in [2.24, 2.45) is 9.98 Å². The molecule has 1 unspecified atom stereocenters. The Labute approximate surface area is 236 Å². The van der Waals surface area contributed by atoms with E-state index in [0.717, 1.165) is 45.0 Å². The summed E-state index contributed by atoms with van der Waals surface area (Å²) in [5, 5.41) is 29.1. The molecule has 4 heterocycles. The van der Waals surface area contributed by atoms with Crippen LogP contribution in [0.2, 0.25) is 0 Å². The summed E-state index contributed by atoms with van der Waals surface area (Å²) in [6, 6.07) is 24.3. The number of aryl methyl sites for hydroxylation is 3. The van der Waals surface area contributed by atoms with E-state index in [9.17, 15) is 10.2 Å². The second kappa shape index (κ2) is 9.34. The molecule has 0 radical (unpaired) electrons. The fraction of sp³-hybridized carbons (Fsp3) is 0.125. The Morgan fingerprint density at radius 3 is 2.34 bits per heavy atom. The van der Waals surface area contributed by atoms with E-state index < -0.39 is 6.04 Å². The van der Waals surface area contributed by atoms with Gasteiger partial charge in [-0.1, -0.05) is 30.3 Å². The van der Waals surface area contributed by atoms with Gasteiger partial charge < -0.3 is 20.4 Å². The summed E-state index contributed by atoms with van der Waals surface area (Å²) < 4.78 is 1.75. The number of nitrogens with zero attached hydrogens (tertiary/aromatic N) is 6. The van der Waals surface area contributed by atoms with Crippen molar-refractivity contribution in [2.45, 2.75) is 26.8 Å². The topological polar surface area (TPSA) is 111 Å². The largest absolute Gasteiger partial charge is 0.504 e.